The molecule has 27 heavy (non-hydrogen) atoms. The highest BCUT2D eigenvalue weighted by Gasteiger charge is 2.16. The Bertz CT molecular complexity index is 916. The van der Waals surface area contributed by atoms with Crippen LogP contribution in [0.5, 0.6) is 5.75 Å². The lowest BCUT2D eigenvalue weighted by Gasteiger charge is -2.19. The van der Waals surface area contributed by atoms with Gasteiger partial charge >= 0.3 is 0 Å². The Morgan fingerprint density at radius 2 is 2.00 bits per heavy atom. The molecule has 3 aromatic rings. The maximum atomic E-state index is 12.6. The van der Waals surface area contributed by atoms with E-state index in [9.17, 15) is 4.79 Å². The fraction of sp³-hybridized carbons (Fsp3) is 0.333. The maximum Gasteiger partial charge on any atom is 0.240 e. The molecule has 1 unspecified atom stereocenters. The van der Waals surface area contributed by atoms with E-state index in [4.69, 9.17) is 4.74 Å². The first-order chi connectivity index (χ1) is 13.0. The molecule has 0 saturated heterocycles. The molecule has 6 heteroatoms. The van der Waals surface area contributed by atoms with E-state index in [0.717, 1.165) is 34.6 Å². The minimum absolute atomic E-state index is 0.0257. The summed E-state index contributed by atoms with van der Waals surface area (Å²) in [6.07, 6.45) is 1.75. The summed E-state index contributed by atoms with van der Waals surface area (Å²) in [4.78, 5) is 19.2. The summed E-state index contributed by atoms with van der Waals surface area (Å²) < 4.78 is 7.21. The Labute approximate surface area is 159 Å². The first kappa shape index (κ1) is 18.9. The molecule has 0 spiro atoms. The summed E-state index contributed by atoms with van der Waals surface area (Å²) in [5.41, 5.74) is 2.78. The molecule has 0 bridgehead atoms. The molecule has 1 amide bonds. The zero-order chi connectivity index (χ0) is 19.4. The van der Waals surface area contributed by atoms with Crippen LogP contribution in [0.4, 0.5) is 0 Å². The van der Waals surface area contributed by atoms with E-state index in [-0.39, 0.29) is 18.5 Å². The molecule has 0 aliphatic rings. The lowest BCUT2D eigenvalue weighted by atomic mass is 10.1. The number of hydrogen-bond acceptors (Lipinski definition) is 4. The van der Waals surface area contributed by atoms with Crippen molar-refractivity contribution in [1.82, 2.24) is 19.8 Å². The van der Waals surface area contributed by atoms with Crippen LogP contribution < -0.4 is 10.1 Å². The van der Waals surface area contributed by atoms with Crippen molar-refractivity contribution in [2.75, 3.05) is 27.7 Å². The lowest BCUT2D eigenvalue weighted by Crippen LogP contribution is -2.41. The molecular formula is C21H26N4O2. The number of likely N-dealkylation sites (N-methyl/N-ethyl adjacent to an activating group) is 1. The summed E-state index contributed by atoms with van der Waals surface area (Å²) in [7, 11) is 5.64. The van der Waals surface area contributed by atoms with Crippen molar-refractivity contribution in [1.29, 1.82) is 0 Å². The molecule has 1 aromatic carbocycles. The van der Waals surface area contributed by atoms with Crippen molar-refractivity contribution in [3.63, 3.8) is 0 Å². The molecule has 2 aromatic heterocycles. The molecule has 142 valence electrons. The van der Waals surface area contributed by atoms with E-state index < -0.39 is 0 Å². The van der Waals surface area contributed by atoms with Crippen molar-refractivity contribution in [3.8, 4) is 17.0 Å². The first-order valence-electron chi connectivity index (χ1n) is 9.00. The Kier molecular flexibility index (Phi) is 5.76. The van der Waals surface area contributed by atoms with E-state index >= 15 is 0 Å². The summed E-state index contributed by atoms with van der Waals surface area (Å²) in [6.45, 7) is 3.02. The van der Waals surface area contributed by atoms with Crippen molar-refractivity contribution in [3.05, 3.63) is 48.7 Å². The Hall–Kier alpha value is -2.86. The molecule has 0 aliphatic heterocycles. The second-order valence-corrected chi connectivity index (χ2v) is 6.99. The van der Waals surface area contributed by atoms with Crippen LogP contribution in [0.2, 0.25) is 0 Å². The minimum atomic E-state index is -0.0257. The predicted molar refractivity (Wildman–Crippen MR) is 108 cm³/mol. The smallest absolute Gasteiger partial charge is 0.240 e. The average molecular weight is 366 g/mol. The number of rotatable bonds is 7. The molecule has 3 rings (SSSR count). The molecule has 1 N–H and O–H groups in total. The predicted octanol–water partition coefficient (Wildman–Crippen LogP) is 2.78. The van der Waals surface area contributed by atoms with Crippen LogP contribution in [0, 0.1) is 0 Å². The number of pyridine rings is 1. The summed E-state index contributed by atoms with van der Waals surface area (Å²) in [5, 5.41) is 4.07. The molecule has 2 heterocycles. The van der Waals surface area contributed by atoms with Gasteiger partial charge in [-0.05, 0) is 69.0 Å². The van der Waals surface area contributed by atoms with E-state index in [0.29, 0.717) is 0 Å². The number of hydrogen-bond donors (Lipinski definition) is 1. The first-order valence-corrected chi connectivity index (χ1v) is 9.00. The number of fused-ring (bicyclic) bond motifs is 1. The number of nitrogens with zero attached hydrogens (tertiary/aromatic N) is 3. The SMILES string of the molecule is COc1ccc(-c2cc3cccnc3n2CC(=O)NC(C)CN(C)C)cc1. The van der Waals surface area contributed by atoms with Crippen LogP contribution in [0.3, 0.4) is 0 Å². The number of benzene rings is 1. The summed E-state index contributed by atoms with van der Waals surface area (Å²) >= 11 is 0. The fourth-order valence-electron chi connectivity index (χ4n) is 3.31. The van der Waals surface area contributed by atoms with Crippen LogP contribution in [0.1, 0.15) is 6.92 Å². The number of carbonyl (C=O) groups excluding carboxylic acids is 1. The molecule has 0 fully saturated rings. The number of aromatic nitrogens is 2. The summed E-state index contributed by atoms with van der Waals surface area (Å²) in [5.74, 6) is 0.775. The second-order valence-electron chi connectivity index (χ2n) is 6.99. The molecule has 0 aliphatic carbocycles. The van der Waals surface area contributed by atoms with Gasteiger partial charge in [0.2, 0.25) is 5.91 Å². The van der Waals surface area contributed by atoms with Crippen LogP contribution in [0.25, 0.3) is 22.3 Å². The lowest BCUT2D eigenvalue weighted by molar-refractivity contribution is -0.122. The van der Waals surface area contributed by atoms with Gasteiger partial charge < -0.3 is 19.5 Å². The number of amides is 1. The molecule has 0 radical (unpaired) electrons. The van der Waals surface area contributed by atoms with Crippen molar-refractivity contribution in [2.45, 2.75) is 19.5 Å². The monoisotopic (exact) mass is 366 g/mol. The van der Waals surface area contributed by atoms with Gasteiger partial charge in [-0.25, -0.2) is 4.98 Å². The number of ether oxygens (including phenoxy) is 1. The normalized spacial score (nSPS) is 12.3. The minimum Gasteiger partial charge on any atom is -0.497 e. The maximum absolute atomic E-state index is 12.6. The highest BCUT2D eigenvalue weighted by atomic mass is 16.5. The molecule has 1 atom stereocenters. The van der Waals surface area contributed by atoms with E-state index in [1.807, 2.05) is 62.0 Å². The van der Waals surface area contributed by atoms with Crippen molar-refractivity contribution >= 4 is 16.9 Å². The molecule has 0 saturated carbocycles. The van der Waals surface area contributed by atoms with Gasteiger partial charge in [-0.1, -0.05) is 0 Å². The fourth-order valence-corrected chi connectivity index (χ4v) is 3.31. The third-order valence-corrected chi connectivity index (χ3v) is 4.39. The van der Waals surface area contributed by atoms with Crippen LogP contribution >= 0.6 is 0 Å². The number of carbonyl (C=O) groups is 1. The van der Waals surface area contributed by atoms with E-state index in [1.54, 1.807) is 13.3 Å². The van der Waals surface area contributed by atoms with E-state index in [1.165, 1.54) is 0 Å². The second kappa shape index (κ2) is 8.22. The average Bonchev–Trinajstić information content (AvgIpc) is 2.99. The third-order valence-electron chi connectivity index (χ3n) is 4.39. The quantitative estimate of drug-likeness (QED) is 0.699. The molecular weight excluding hydrogens is 340 g/mol. The highest BCUT2D eigenvalue weighted by Crippen LogP contribution is 2.28. The van der Waals surface area contributed by atoms with Gasteiger partial charge in [0.25, 0.3) is 0 Å². The third kappa shape index (κ3) is 4.46. The highest BCUT2D eigenvalue weighted by molar-refractivity contribution is 5.87. The van der Waals surface area contributed by atoms with Gasteiger partial charge in [-0.15, -0.1) is 0 Å². The summed E-state index contributed by atoms with van der Waals surface area (Å²) in [6, 6.07) is 13.9. The topological polar surface area (TPSA) is 59.4 Å². The Balaban J connectivity index is 1.91. The van der Waals surface area contributed by atoms with Gasteiger partial charge in [0.05, 0.1) is 12.8 Å². The van der Waals surface area contributed by atoms with E-state index in [2.05, 4.69) is 21.3 Å². The van der Waals surface area contributed by atoms with Crippen LogP contribution in [-0.4, -0.2) is 54.1 Å². The van der Waals surface area contributed by atoms with Crippen molar-refractivity contribution < 1.29 is 9.53 Å². The standard InChI is InChI=1S/C21H26N4O2/c1-15(13-24(2)3)23-20(26)14-25-19(12-17-6-5-11-22-21(17)25)16-7-9-18(27-4)10-8-16/h5-12,15H,13-14H2,1-4H3,(H,23,26). The van der Waals surface area contributed by atoms with Gasteiger partial charge in [-0.2, -0.15) is 0 Å². The zero-order valence-corrected chi connectivity index (χ0v) is 16.3. The zero-order valence-electron chi connectivity index (χ0n) is 16.3. The number of nitrogens with one attached hydrogen (secondary N) is 1. The Morgan fingerprint density at radius 3 is 2.67 bits per heavy atom. The largest absolute Gasteiger partial charge is 0.497 e. The Morgan fingerprint density at radius 1 is 1.26 bits per heavy atom. The molecule has 6 nitrogen and oxygen atoms in total. The van der Waals surface area contributed by atoms with Gasteiger partial charge in [-0.3, -0.25) is 4.79 Å². The van der Waals surface area contributed by atoms with Crippen molar-refractivity contribution in [2.24, 2.45) is 0 Å². The van der Waals surface area contributed by atoms with Crippen LogP contribution in [-0.2, 0) is 11.3 Å². The van der Waals surface area contributed by atoms with Gasteiger partial charge in [0, 0.05) is 24.2 Å². The van der Waals surface area contributed by atoms with Gasteiger partial charge in [0.1, 0.15) is 17.9 Å². The number of methoxy groups -OCH3 is 1. The van der Waals surface area contributed by atoms with Gasteiger partial charge in [0.15, 0.2) is 0 Å². The van der Waals surface area contributed by atoms with Crippen LogP contribution in [0.15, 0.2) is 48.7 Å².